The first-order valence-corrected chi connectivity index (χ1v) is 7.73. The van der Waals surface area contributed by atoms with E-state index in [0.717, 1.165) is 11.3 Å². The zero-order chi connectivity index (χ0) is 12.3. The summed E-state index contributed by atoms with van der Waals surface area (Å²) in [6.07, 6.45) is 1.64. The lowest BCUT2D eigenvalue weighted by atomic mass is 10.4. The van der Waals surface area contributed by atoms with Crippen LogP contribution in [0.1, 0.15) is 5.89 Å². The van der Waals surface area contributed by atoms with E-state index in [1.807, 2.05) is 0 Å². The molecule has 2 aromatic heterocycles. The fraction of sp³-hybridized carbons (Fsp3) is 0.250. The van der Waals surface area contributed by atoms with Gasteiger partial charge in [0.2, 0.25) is 5.89 Å². The van der Waals surface area contributed by atoms with E-state index in [-0.39, 0.29) is 10.8 Å². The van der Waals surface area contributed by atoms with Crippen LogP contribution >= 0.6 is 27.3 Å². The molecule has 6 nitrogen and oxygen atoms in total. The molecule has 0 aromatic carbocycles. The van der Waals surface area contributed by atoms with Gasteiger partial charge in [-0.2, -0.15) is 4.98 Å². The second-order valence-corrected chi connectivity index (χ2v) is 6.77. The van der Waals surface area contributed by atoms with Gasteiger partial charge in [-0.25, -0.2) is 13.1 Å². The number of hydrogen-bond donors (Lipinski definition) is 1. The van der Waals surface area contributed by atoms with Gasteiger partial charge in [-0.3, -0.25) is 0 Å². The Morgan fingerprint density at radius 3 is 2.94 bits per heavy atom. The normalized spacial score (nSPS) is 11.8. The highest BCUT2D eigenvalue weighted by atomic mass is 79.9. The molecule has 0 atom stereocenters. The molecule has 0 fully saturated rings. The van der Waals surface area contributed by atoms with Gasteiger partial charge >= 0.3 is 0 Å². The molecule has 0 unspecified atom stereocenters. The molecular formula is C8H8BrN3O3S2. The lowest BCUT2D eigenvalue weighted by molar-refractivity contribution is 0.377. The van der Waals surface area contributed by atoms with Crippen molar-refractivity contribution in [2.24, 2.45) is 0 Å². The Kier molecular flexibility index (Phi) is 3.92. The summed E-state index contributed by atoms with van der Waals surface area (Å²) < 4.78 is 31.7. The molecule has 17 heavy (non-hydrogen) atoms. The van der Waals surface area contributed by atoms with Crippen molar-refractivity contribution in [1.29, 1.82) is 0 Å². The summed E-state index contributed by atoms with van der Waals surface area (Å²) in [5.41, 5.74) is 0. The predicted octanol–water partition coefficient (Wildman–Crippen LogP) is 1.41. The molecular weight excluding hydrogens is 330 g/mol. The number of hydrogen-bond acceptors (Lipinski definition) is 6. The third-order valence-electron chi connectivity index (χ3n) is 1.87. The maximum atomic E-state index is 11.8. The van der Waals surface area contributed by atoms with E-state index < -0.39 is 10.0 Å². The smallest absolute Gasteiger partial charge is 0.251 e. The van der Waals surface area contributed by atoms with Gasteiger partial charge in [-0.1, -0.05) is 5.16 Å². The van der Waals surface area contributed by atoms with Crippen molar-refractivity contribution in [3.8, 4) is 0 Å². The van der Waals surface area contributed by atoms with E-state index >= 15 is 0 Å². The van der Waals surface area contributed by atoms with Gasteiger partial charge in [-0.05, 0) is 27.4 Å². The molecule has 0 spiro atoms. The van der Waals surface area contributed by atoms with Gasteiger partial charge in [-0.15, -0.1) is 11.3 Å². The van der Waals surface area contributed by atoms with Gasteiger partial charge in [0.15, 0.2) is 6.33 Å². The molecule has 9 heteroatoms. The van der Waals surface area contributed by atoms with E-state index in [4.69, 9.17) is 4.52 Å². The molecule has 0 aliphatic heterocycles. The van der Waals surface area contributed by atoms with E-state index in [1.165, 1.54) is 6.33 Å². The van der Waals surface area contributed by atoms with Crippen LogP contribution in [0.15, 0.2) is 31.0 Å². The van der Waals surface area contributed by atoms with Crippen LogP contribution in [-0.4, -0.2) is 25.1 Å². The van der Waals surface area contributed by atoms with Gasteiger partial charge in [0.1, 0.15) is 4.21 Å². The summed E-state index contributed by atoms with van der Waals surface area (Å²) in [6, 6.07) is 1.69. The average Bonchev–Trinajstić information content (AvgIpc) is 2.88. The zero-order valence-corrected chi connectivity index (χ0v) is 11.7. The Labute approximate surface area is 110 Å². The molecule has 2 heterocycles. The minimum Gasteiger partial charge on any atom is -0.340 e. The van der Waals surface area contributed by atoms with E-state index in [0.29, 0.717) is 16.8 Å². The number of aromatic nitrogens is 2. The third kappa shape index (κ3) is 3.12. The van der Waals surface area contributed by atoms with Crippen molar-refractivity contribution in [2.75, 3.05) is 6.54 Å². The zero-order valence-electron chi connectivity index (χ0n) is 8.46. The van der Waals surface area contributed by atoms with Crippen LogP contribution in [0.3, 0.4) is 0 Å². The Hall–Kier alpha value is -0.770. The van der Waals surface area contributed by atoms with Crippen LogP contribution in [0.4, 0.5) is 0 Å². The number of rotatable bonds is 5. The van der Waals surface area contributed by atoms with Gasteiger partial charge < -0.3 is 4.52 Å². The van der Waals surface area contributed by atoms with Crippen LogP contribution < -0.4 is 4.72 Å². The topological polar surface area (TPSA) is 85.1 Å². The van der Waals surface area contributed by atoms with Crippen molar-refractivity contribution in [3.05, 3.63) is 28.1 Å². The molecule has 0 bridgehead atoms. The SMILES string of the molecule is O=S(=O)(NCCc1ncno1)c1sccc1Br. The third-order valence-corrected chi connectivity index (χ3v) is 6.00. The summed E-state index contributed by atoms with van der Waals surface area (Å²) in [6.45, 7) is 0.217. The predicted molar refractivity (Wildman–Crippen MR) is 65.2 cm³/mol. The number of thiophene rings is 1. The fourth-order valence-electron chi connectivity index (χ4n) is 1.14. The number of sulfonamides is 1. The molecule has 0 amide bonds. The van der Waals surface area contributed by atoms with Crippen molar-refractivity contribution in [3.63, 3.8) is 0 Å². The van der Waals surface area contributed by atoms with Gasteiger partial charge in [0.25, 0.3) is 10.0 Å². The largest absolute Gasteiger partial charge is 0.340 e. The Morgan fingerprint density at radius 1 is 1.53 bits per heavy atom. The first kappa shape index (κ1) is 12.7. The summed E-state index contributed by atoms with van der Waals surface area (Å²) >= 11 is 4.34. The molecule has 1 N–H and O–H groups in total. The highest BCUT2D eigenvalue weighted by Crippen LogP contribution is 2.27. The number of nitrogens with one attached hydrogen (secondary N) is 1. The molecule has 0 saturated heterocycles. The lowest BCUT2D eigenvalue weighted by Crippen LogP contribution is -2.25. The summed E-state index contributed by atoms with van der Waals surface area (Å²) in [4.78, 5) is 3.80. The second kappa shape index (κ2) is 5.25. The lowest BCUT2D eigenvalue weighted by Gasteiger charge is -2.03. The number of nitrogens with zero attached hydrogens (tertiary/aromatic N) is 2. The Morgan fingerprint density at radius 2 is 2.35 bits per heavy atom. The van der Waals surface area contributed by atoms with E-state index in [2.05, 4.69) is 30.8 Å². The molecule has 0 aliphatic rings. The van der Waals surface area contributed by atoms with Crippen molar-refractivity contribution >= 4 is 37.3 Å². The first-order valence-electron chi connectivity index (χ1n) is 4.58. The molecule has 2 rings (SSSR count). The highest BCUT2D eigenvalue weighted by molar-refractivity contribution is 9.10. The maximum Gasteiger partial charge on any atom is 0.251 e. The fourth-order valence-corrected chi connectivity index (χ4v) is 4.55. The summed E-state index contributed by atoms with van der Waals surface area (Å²) in [5, 5.41) is 5.14. The molecule has 0 aliphatic carbocycles. The highest BCUT2D eigenvalue weighted by Gasteiger charge is 2.18. The average molecular weight is 338 g/mol. The first-order chi connectivity index (χ1) is 8.09. The molecule has 92 valence electrons. The number of halogens is 1. The molecule has 2 aromatic rings. The second-order valence-electron chi connectivity index (χ2n) is 3.04. The van der Waals surface area contributed by atoms with Crippen molar-refractivity contribution < 1.29 is 12.9 Å². The van der Waals surface area contributed by atoms with E-state index in [9.17, 15) is 8.42 Å². The molecule has 0 radical (unpaired) electrons. The maximum absolute atomic E-state index is 11.8. The summed E-state index contributed by atoms with van der Waals surface area (Å²) in [5.74, 6) is 0.401. The van der Waals surface area contributed by atoms with Crippen LogP contribution in [-0.2, 0) is 16.4 Å². The Bertz CT molecular complexity index is 579. The van der Waals surface area contributed by atoms with Crippen LogP contribution in [0.25, 0.3) is 0 Å². The van der Waals surface area contributed by atoms with Crippen molar-refractivity contribution in [1.82, 2.24) is 14.9 Å². The minimum absolute atomic E-state index is 0.217. The standard InChI is InChI=1S/C8H8BrN3O3S2/c9-6-2-4-16-8(6)17(13,14)12-3-1-7-10-5-11-15-7/h2,4-5,12H,1,3H2. The van der Waals surface area contributed by atoms with Crippen molar-refractivity contribution in [2.45, 2.75) is 10.6 Å². The van der Waals surface area contributed by atoms with Crippen LogP contribution in [0.5, 0.6) is 0 Å². The van der Waals surface area contributed by atoms with Gasteiger partial charge in [0.05, 0.1) is 0 Å². The van der Waals surface area contributed by atoms with Gasteiger partial charge in [0, 0.05) is 17.4 Å². The summed E-state index contributed by atoms with van der Waals surface area (Å²) in [7, 11) is -3.47. The van der Waals surface area contributed by atoms with Crippen LogP contribution in [0, 0.1) is 0 Å². The van der Waals surface area contributed by atoms with E-state index in [1.54, 1.807) is 11.4 Å². The molecule has 0 saturated carbocycles. The Balaban J connectivity index is 1.97. The quantitative estimate of drug-likeness (QED) is 0.891. The van der Waals surface area contributed by atoms with Crippen LogP contribution in [0.2, 0.25) is 0 Å². The minimum atomic E-state index is -3.47. The monoisotopic (exact) mass is 337 g/mol.